The van der Waals surface area contributed by atoms with E-state index in [2.05, 4.69) is 0 Å². The third-order valence-corrected chi connectivity index (χ3v) is 3.65. The first-order valence-corrected chi connectivity index (χ1v) is 7.09. The number of esters is 1. The second-order valence-electron chi connectivity index (χ2n) is 5.87. The van der Waals surface area contributed by atoms with Crippen molar-refractivity contribution in [3.05, 3.63) is 34.9 Å². The zero-order valence-electron chi connectivity index (χ0n) is 13.3. The van der Waals surface area contributed by atoms with Gasteiger partial charge in [-0.05, 0) is 38.8 Å². The summed E-state index contributed by atoms with van der Waals surface area (Å²) >= 11 is 0. The van der Waals surface area contributed by atoms with Crippen LogP contribution in [0.5, 0.6) is 0 Å². The van der Waals surface area contributed by atoms with E-state index in [0.29, 0.717) is 11.1 Å². The fraction of sp³-hybridized carbons (Fsp3) is 0.562. The molecule has 124 valence electrons. The van der Waals surface area contributed by atoms with Gasteiger partial charge < -0.3 is 10.5 Å². The zero-order chi connectivity index (χ0) is 17.1. The minimum atomic E-state index is -4.37. The predicted octanol–water partition coefficient (Wildman–Crippen LogP) is 3.79. The van der Waals surface area contributed by atoms with E-state index in [9.17, 15) is 18.0 Å². The van der Waals surface area contributed by atoms with E-state index >= 15 is 0 Å². The molecular formula is C16H22F3NO2. The Morgan fingerprint density at radius 2 is 1.86 bits per heavy atom. The Morgan fingerprint density at radius 1 is 1.27 bits per heavy atom. The summed E-state index contributed by atoms with van der Waals surface area (Å²) in [7, 11) is 0. The van der Waals surface area contributed by atoms with E-state index in [1.165, 1.54) is 12.1 Å². The Hall–Kier alpha value is -1.56. The van der Waals surface area contributed by atoms with E-state index in [4.69, 9.17) is 10.5 Å². The number of alkyl halides is 3. The van der Waals surface area contributed by atoms with Gasteiger partial charge >= 0.3 is 12.1 Å². The standard InChI is InChI=1S/C16H22F3NO2/c1-5-22-14(21)9-13(20)11-6-10(2)7-12(8-11)15(3,4)16(17,18)19/h6-8,13H,5,9,20H2,1-4H3/t13-/m0/s1. The number of rotatable bonds is 5. The molecule has 0 saturated carbocycles. The van der Waals surface area contributed by atoms with Gasteiger partial charge in [0.2, 0.25) is 0 Å². The van der Waals surface area contributed by atoms with Crippen LogP contribution in [0.4, 0.5) is 13.2 Å². The largest absolute Gasteiger partial charge is 0.466 e. The quantitative estimate of drug-likeness (QED) is 0.841. The summed E-state index contributed by atoms with van der Waals surface area (Å²) < 4.78 is 44.4. The van der Waals surface area contributed by atoms with Crippen LogP contribution < -0.4 is 5.73 Å². The molecular weight excluding hydrogens is 295 g/mol. The number of carbonyl (C=O) groups is 1. The average molecular weight is 317 g/mol. The number of hydrogen-bond acceptors (Lipinski definition) is 3. The van der Waals surface area contributed by atoms with E-state index < -0.39 is 23.6 Å². The van der Waals surface area contributed by atoms with Gasteiger partial charge in [-0.1, -0.05) is 23.8 Å². The fourth-order valence-electron chi connectivity index (χ4n) is 2.07. The first kappa shape index (κ1) is 18.5. The summed E-state index contributed by atoms with van der Waals surface area (Å²) in [6.45, 7) is 5.88. The number of carbonyl (C=O) groups excluding carboxylic acids is 1. The lowest BCUT2D eigenvalue weighted by atomic mass is 9.81. The lowest BCUT2D eigenvalue weighted by molar-refractivity contribution is -0.180. The number of aryl methyl sites for hydroxylation is 1. The highest BCUT2D eigenvalue weighted by molar-refractivity contribution is 5.70. The first-order chi connectivity index (χ1) is 9.99. The molecule has 0 aliphatic carbocycles. The second kappa shape index (κ2) is 6.69. The molecule has 0 aromatic heterocycles. The van der Waals surface area contributed by atoms with Crippen LogP contribution in [0, 0.1) is 6.92 Å². The normalized spacial score (nSPS) is 13.8. The monoisotopic (exact) mass is 317 g/mol. The minimum Gasteiger partial charge on any atom is -0.466 e. The highest BCUT2D eigenvalue weighted by Gasteiger charge is 2.48. The highest BCUT2D eigenvalue weighted by Crippen LogP contribution is 2.41. The van der Waals surface area contributed by atoms with Crippen LogP contribution in [0.1, 0.15) is 49.9 Å². The lowest BCUT2D eigenvalue weighted by Crippen LogP contribution is -2.36. The van der Waals surface area contributed by atoms with Crippen LogP contribution in [0.3, 0.4) is 0 Å². The molecule has 1 rings (SSSR count). The molecule has 0 fully saturated rings. The van der Waals surface area contributed by atoms with E-state index in [1.54, 1.807) is 19.9 Å². The number of halogens is 3. The molecule has 0 saturated heterocycles. The topological polar surface area (TPSA) is 52.3 Å². The molecule has 3 nitrogen and oxygen atoms in total. The maximum atomic E-state index is 13.2. The van der Waals surface area contributed by atoms with Crippen LogP contribution in [0.25, 0.3) is 0 Å². The molecule has 1 aromatic rings. The second-order valence-corrected chi connectivity index (χ2v) is 5.87. The third kappa shape index (κ3) is 4.22. The highest BCUT2D eigenvalue weighted by atomic mass is 19.4. The van der Waals surface area contributed by atoms with Gasteiger partial charge in [-0.3, -0.25) is 4.79 Å². The van der Waals surface area contributed by atoms with Crippen molar-refractivity contribution < 1.29 is 22.7 Å². The van der Waals surface area contributed by atoms with Crippen molar-refractivity contribution in [1.82, 2.24) is 0 Å². The molecule has 0 spiro atoms. The van der Waals surface area contributed by atoms with Gasteiger partial charge in [0, 0.05) is 6.04 Å². The van der Waals surface area contributed by atoms with Crippen molar-refractivity contribution in [3.63, 3.8) is 0 Å². The Morgan fingerprint density at radius 3 is 2.36 bits per heavy atom. The van der Waals surface area contributed by atoms with Crippen molar-refractivity contribution in [1.29, 1.82) is 0 Å². The van der Waals surface area contributed by atoms with Gasteiger partial charge in [0.1, 0.15) is 0 Å². The van der Waals surface area contributed by atoms with E-state index in [-0.39, 0.29) is 18.6 Å². The number of hydrogen-bond donors (Lipinski definition) is 1. The van der Waals surface area contributed by atoms with Crippen molar-refractivity contribution in [2.24, 2.45) is 5.73 Å². The molecule has 6 heteroatoms. The molecule has 0 unspecified atom stereocenters. The van der Waals surface area contributed by atoms with Crippen LogP contribution in [0.15, 0.2) is 18.2 Å². The molecule has 0 radical (unpaired) electrons. The lowest BCUT2D eigenvalue weighted by Gasteiger charge is -2.29. The fourth-order valence-corrected chi connectivity index (χ4v) is 2.07. The Kier molecular flexibility index (Phi) is 5.62. The van der Waals surface area contributed by atoms with E-state index in [1.807, 2.05) is 0 Å². The molecule has 0 bridgehead atoms. The van der Waals surface area contributed by atoms with Crippen LogP contribution in [0.2, 0.25) is 0 Å². The molecule has 0 amide bonds. The van der Waals surface area contributed by atoms with Gasteiger partial charge in [-0.15, -0.1) is 0 Å². The molecule has 0 aliphatic heterocycles. The Balaban J connectivity index is 3.12. The summed E-state index contributed by atoms with van der Waals surface area (Å²) in [5.74, 6) is -0.465. The van der Waals surface area contributed by atoms with Gasteiger partial charge in [0.25, 0.3) is 0 Å². The number of ether oxygens (including phenoxy) is 1. The Labute approximate surface area is 128 Å². The minimum absolute atomic E-state index is 0.0663. The van der Waals surface area contributed by atoms with Gasteiger partial charge in [0.05, 0.1) is 18.4 Å². The van der Waals surface area contributed by atoms with Crippen molar-refractivity contribution in [3.8, 4) is 0 Å². The van der Waals surface area contributed by atoms with Crippen molar-refractivity contribution in [2.75, 3.05) is 6.61 Å². The average Bonchev–Trinajstić information content (AvgIpc) is 2.36. The van der Waals surface area contributed by atoms with Gasteiger partial charge in [-0.2, -0.15) is 13.2 Å². The van der Waals surface area contributed by atoms with Crippen LogP contribution in [-0.4, -0.2) is 18.8 Å². The molecule has 0 heterocycles. The summed E-state index contributed by atoms with van der Waals surface area (Å²) in [6.07, 6.45) is -4.44. The smallest absolute Gasteiger partial charge is 0.397 e. The van der Waals surface area contributed by atoms with Crippen molar-refractivity contribution in [2.45, 2.75) is 51.7 Å². The summed E-state index contributed by atoms with van der Waals surface area (Å²) in [5.41, 5.74) is 5.25. The van der Waals surface area contributed by atoms with Crippen LogP contribution in [-0.2, 0) is 14.9 Å². The SMILES string of the molecule is CCOC(=O)C[C@H](N)c1cc(C)cc(C(C)(C)C(F)(F)F)c1. The number of benzene rings is 1. The van der Waals surface area contributed by atoms with E-state index in [0.717, 1.165) is 13.8 Å². The maximum absolute atomic E-state index is 13.2. The summed E-state index contributed by atoms with van der Waals surface area (Å²) in [6, 6.07) is 3.92. The van der Waals surface area contributed by atoms with Gasteiger partial charge in [0.15, 0.2) is 0 Å². The Bertz CT molecular complexity index is 539. The maximum Gasteiger partial charge on any atom is 0.397 e. The summed E-state index contributed by atoms with van der Waals surface area (Å²) in [4.78, 5) is 11.5. The first-order valence-electron chi connectivity index (χ1n) is 7.09. The van der Waals surface area contributed by atoms with Crippen molar-refractivity contribution >= 4 is 5.97 Å². The molecule has 0 aliphatic rings. The molecule has 22 heavy (non-hydrogen) atoms. The molecule has 1 aromatic carbocycles. The van der Waals surface area contributed by atoms with Crippen LogP contribution >= 0.6 is 0 Å². The molecule has 2 N–H and O–H groups in total. The summed E-state index contributed by atoms with van der Waals surface area (Å²) in [5, 5.41) is 0. The molecule has 1 atom stereocenters. The van der Waals surface area contributed by atoms with Gasteiger partial charge in [-0.25, -0.2) is 0 Å². The number of nitrogens with two attached hydrogens (primary N) is 1. The predicted molar refractivity (Wildman–Crippen MR) is 78.4 cm³/mol. The zero-order valence-corrected chi connectivity index (χ0v) is 13.3. The third-order valence-electron chi connectivity index (χ3n) is 3.65.